The van der Waals surface area contributed by atoms with Crippen LogP contribution >= 0.6 is 23.5 Å². The molecule has 3 heteroatoms. The molecule has 0 bridgehead atoms. The van der Waals surface area contributed by atoms with Crippen LogP contribution in [0.25, 0.3) is 0 Å². The smallest absolute Gasteiger partial charge is 0.0277 e. The van der Waals surface area contributed by atoms with Gasteiger partial charge < -0.3 is 0 Å². The van der Waals surface area contributed by atoms with Gasteiger partial charge in [0.2, 0.25) is 0 Å². The summed E-state index contributed by atoms with van der Waals surface area (Å²) in [4.78, 5) is 2.75. The molecular formula is C11H21NS2. The predicted octanol–water partition coefficient (Wildman–Crippen LogP) is 2.57. The van der Waals surface area contributed by atoms with E-state index in [-0.39, 0.29) is 0 Å². The SMILES string of the molecule is CCC1CCN(C2CSCCSC2)C1. The van der Waals surface area contributed by atoms with Gasteiger partial charge in [0.15, 0.2) is 0 Å². The molecule has 14 heavy (non-hydrogen) atoms. The van der Waals surface area contributed by atoms with Gasteiger partial charge in [0.05, 0.1) is 0 Å². The second-order valence-electron chi connectivity index (χ2n) is 4.36. The second-order valence-corrected chi connectivity index (χ2v) is 6.66. The van der Waals surface area contributed by atoms with Crippen LogP contribution in [0.4, 0.5) is 0 Å². The van der Waals surface area contributed by atoms with E-state index in [2.05, 4.69) is 35.3 Å². The van der Waals surface area contributed by atoms with Crippen molar-refractivity contribution in [1.82, 2.24) is 4.90 Å². The number of hydrogen-bond acceptors (Lipinski definition) is 3. The molecule has 2 heterocycles. The lowest BCUT2D eigenvalue weighted by Gasteiger charge is -2.25. The molecule has 0 aromatic rings. The van der Waals surface area contributed by atoms with Crippen molar-refractivity contribution in [2.75, 3.05) is 36.1 Å². The Labute approximate surface area is 96.4 Å². The minimum atomic E-state index is 0.879. The van der Waals surface area contributed by atoms with Crippen molar-refractivity contribution >= 4 is 23.5 Å². The Bertz CT molecular complexity index is 167. The van der Waals surface area contributed by atoms with Gasteiger partial charge in [-0.1, -0.05) is 13.3 Å². The fourth-order valence-electron chi connectivity index (χ4n) is 2.34. The van der Waals surface area contributed by atoms with Gasteiger partial charge in [-0.3, -0.25) is 4.90 Å². The maximum absolute atomic E-state index is 2.75. The first-order valence-electron chi connectivity index (χ1n) is 5.79. The number of likely N-dealkylation sites (tertiary alicyclic amines) is 1. The zero-order valence-corrected chi connectivity index (χ0v) is 10.7. The number of thioether (sulfide) groups is 2. The molecule has 0 aromatic carbocycles. The Morgan fingerprint density at radius 2 is 1.93 bits per heavy atom. The van der Waals surface area contributed by atoms with E-state index in [0.29, 0.717) is 0 Å². The lowest BCUT2D eigenvalue weighted by Crippen LogP contribution is -2.36. The summed E-state index contributed by atoms with van der Waals surface area (Å²) in [5.74, 6) is 6.49. The van der Waals surface area contributed by atoms with Crippen LogP contribution in [0.15, 0.2) is 0 Å². The monoisotopic (exact) mass is 231 g/mol. The zero-order valence-electron chi connectivity index (χ0n) is 9.08. The molecule has 2 rings (SSSR count). The summed E-state index contributed by atoms with van der Waals surface area (Å²) in [6.07, 6.45) is 2.83. The Hall–Kier alpha value is 0.660. The molecule has 0 amide bonds. The number of rotatable bonds is 2. The largest absolute Gasteiger partial charge is 0.298 e. The Balaban J connectivity index is 1.82. The van der Waals surface area contributed by atoms with Crippen molar-refractivity contribution in [1.29, 1.82) is 0 Å². The third kappa shape index (κ3) is 2.83. The highest BCUT2D eigenvalue weighted by molar-refractivity contribution is 8.03. The van der Waals surface area contributed by atoms with Crippen molar-refractivity contribution in [2.45, 2.75) is 25.8 Å². The predicted molar refractivity (Wildman–Crippen MR) is 68.4 cm³/mol. The summed E-state index contributed by atoms with van der Waals surface area (Å²) in [7, 11) is 0. The highest BCUT2D eigenvalue weighted by atomic mass is 32.2. The molecule has 2 fully saturated rings. The molecule has 1 unspecified atom stereocenters. The van der Waals surface area contributed by atoms with Crippen molar-refractivity contribution in [2.24, 2.45) is 5.92 Å². The van der Waals surface area contributed by atoms with Crippen LogP contribution in [0.1, 0.15) is 19.8 Å². The first kappa shape index (κ1) is 11.2. The Kier molecular flexibility index (Phi) is 4.51. The average Bonchev–Trinajstić information content (AvgIpc) is 2.53. The van der Waals surface area contributed by atoms with E-state index in [9.17, 15) is 0 Å². The van der Waals surface area contributed by atoms with Gasteiger partial charge in [0, 0.05) is 35.6 Å². The Morgan fingerprint density at radius 1 is 1.21 bits per heavy atom. The molecule has 2 aliphatic rings. The van der Waals surface area contributed by atoms with Crippen LogP contribution in [-0.2, 0) is 0 Å². The van der Waals surface area contributed by atoms with Crippen molar-refractivity contribution < 1.29 is 0 Å². The van der Waals surface area contributed by atoms with Gasteiger partial charge in [-0.25, -0.2) is 0 Å². The van der Waals surface area contributed by atoms with Gasteiger partial charge in [-0.05, 0) is 18.9 Å². The van der Waals surface area contributed by atoms with Crippen LogP contribution in [0.3, 0.4) is 0 Å². The van der Waals surface area contributed by atoms with Gasteiger partial charge in [-0.15, -0.1) is 0 Å². The van der Waals surface area contributed by atoms with Crippen molar-refractivity contribution in [3.8, 4) is 0 Å². The fourth-order valence-corrected chi connectivity index (χ4v) is 4.97. The van der Waals surface area contributed by atoms with Crippen molar-refractivity contribution in [3.63, 3.8) is 0 Å². The van der Waals surface area contributed by atoms with Gasteiger partial charge >= 0.3 is 0 Å². The molecule has 0 radical (unpaired) electrons. The van der Waals surface area contributed by atoms with Gasteiger partial charge in [0.1, 0.15) is 0 Å². The molecule has 0 spiro atoms. The number of nitrogens with zero attached hydrogens (tertiary/aromatic N) is 1. The highest BCUT2D eigenvalue weighted by Gasteiger charge is 2.27. The first-order valence-corrected chi connectivity index (χ1v) is 8.10. The molecular weight excluding hydrogens is 210 g/mol. The molecule has 1 atom stereocenters. The second kappa shape index (κ2) is 5.66. The van der Waals surface area contributed by atoms with E-state index in [1.54, 1.807) is 0 Å². The summed E-state index contributed by atoms with van der Waals surface area (Å²) in [5.41, 5.74) is 0. The zero-order chi connectivity index (χ0) is 9.80. The topological polar surface area (TPSA) is 3.24 Å². The highest BCUT2D eigenvalue weighted by Crippen LogP contribution is 2.26. The summed E-state index contributed by atoms with van der Waals surface area (Å²) in [5, 5.41) is 0. The molecule has 82 valence electrons. The van der Waals surface area contributed by atoms with E-state index in [4.69, 9.17) is 0 Å². The number of hydrogen-bond donors (Lipinski definition) is 0. The maximum atomic E-state index is 2.75. The first-order chi connectivity index (χ1) is 6.90. The van der Waals surface area contributed by atoms with Crippen LogP contribution in [0.2, 0.25) is 0 Å². The summed E-state index contributed by atoms with van der Waals surface area (Å²) in [6, 6.07) is 0.879. The molecule has 0 saturated carbocycles. The molecule has 0 N–H and O–H groups in total. The van der Waals surface area contributed by atoms with E-state index in [1.165, 1.54) is 48.9 Å². The maximum Gasteiger partial charge on any atom is 0.0277 e. The van der Waals surface area contributed by atoms with Gasteiger partial charge in [0.25, 0.3) is 0 Å². The minimum absolute atomic E-state index is 0.879. The van der Waals surface area contributed by atoms with Crippen LogP contribution in [-0.4, -0.2) is 47.0 Å². The van der Waals surface area contributed by atoms with E-state index < -0.39 is 0 Å². The Morgan fingerprint density at radius 3 is 2.50 bits per heavy atom. The molecule has 2 saturated heterocycles. The van der Waals surface area contributed by atoms with Crippen LogP contribution < -0.4 is 0 Å². The average molecular weight is 231 g/mol. The normalized spacial score (nSPS) is 31.9. The molecule has 0 aromatic heterocycles. The van der Waals surface area contributed by atoms with Gasteiger partial charge in [-0.2, -0.15) is 23.5 Å². The fraction of sp³-hybridized carbons (Fsp3) is 1.00. The third-order valence-corrected chi connectivity index (χ3v) is 5.89. The van der Waals surface area contributed by atoms with E-state index >= 15 is 0 Å². The molecule has 0 aliphatic carbocycles. The minimum Gasteiger partial charge on any atom is -0.298 e. The quantitative estimate of drug-likeness (QED) is 0.719. The summed E-state index contributed by atoms with van der Waals surface area (Å²) in [6.45, 7) is 5.08. The lowest BCUT2D eigenvalue weighted by molar-refractivity contribution is 0.272. The third-order valence-electron chi connectivity index (χ3n) is 3.40. The molecule has 1 nitrogen and oxygen atoms in total. The standard InChI is InChI=1S/C11H21NS2/c1-2-10-3-4-12(7-10)11-8-13-5-6-14-9-11/h10-11H,2-9H2,1H3. The molecule has 2 aliphatic heterocycles. The lowest BCUT2D eigenvalue weighted by atomic mass is 10.1. The summed E-state index contributed by atoms with van der Waals surface area (Å²) >= 11 is 4.31. The van der Waals surface area contributed by atoms with Crippen molar-refractivity contribution in [3.05, 3.63) is 0 Å². The van der Waals surface area contributed by atoms with E-state index in [1.807, 2.05) is 0 Å². The summed E-state index contributed by atoms with van der Waals surface area (Å²) < 4.78 is 0. The van der Waals surface area contributed by atoms with Crippen LogP contribution in [0, 0.1) is 5.92 Å². The van der Waals surface area contributed by atoms with Crippen LogP contribution in [0.5, 0.6) is 0 Å². The van der Waals surface area contributed by atoms with E-state index in [0.717, 1.165) is 12.0 Å².